The number of furan rings is 1. The smallest absolute Gasteiger partial charge is 0.373 e. The highest BCUT2D eigenvalue weighted by atomic mass is 79.9. The maximum atomic E-state index is 12.8. The summed E-state index contributed by atoms with van der Waals surface area (Å²) in [5, 5.41) is 2.51. The molecule has 3 rings (SSSR count). The molecule has 2 heterocycles. The van der Waals surface area contributed by atoms with E-state index in [1.165, 1.54) is 32.4 Å². The van der Waals surface area contributed by atoms with E-state index in [1.54, 1.807) is 26.0 Å². The van der Waals surface area contributed by atoms with Crippen LogP contribution in [0.25, 0.3) is 6.08 Å². The van der Waals surface area contributed by atoms with Crippen molar-refractivity contribution < 1.29 is 42.5 Å². The fraction of sp³-hybridized carbons (Fsp3) is 0.304. The molecule has 1 N–H and O–H groups in total. The zero-order valence-corrected chi connectivity index (χ0v) is 21.0. The number of halogens is 1. The largest absolute Gasteiger partial charge is 0.493 e. The van der Waals surface area contributed by atoms with Gasteiger partial charge in [0.25, 0.3) is 5.91 Å². The summed E-state index contributed by atoms with van der Waals surface area (Å²) in [6, 6.07) is 5.38. The third kappa shape index (κ3) is 6.21. The molecule has 1 aromatic heterocycles. The molecule has 1 saturated heterocycles. The summed E-state index contributed by atoms with van der Waals surface area (Å²) in [5.41, 5.74) is 0.530. The van der Waals surface area contributed by atoms with Crippen LogP contribution in [0.5, 0.6) is 11.5 Å². The molecule has 1 fully saturated rings. The fourth-order valence-electron chi connectivity index (χ4n) is 3.07. The number of nitrogens with one attached hydrogen (secondary N) is 1. The highest BCUT2D eigenvalue weighted by Gasteiger charge is 2.34. The Morgan fingerprint density at radius 3 is 2.57 bits per heavy atom. The van der Waals surface area contributed by atoms with Crippen LogP contribution < -0.4 is 14.8 Å². The number of urea groups is 1. The van der Waals surface area contributed by atoms with E-state index in [4.69, 9.17) is 18.6 Å². The van der Waals surface area contributed by atoms with Gasteiger partial charge in [0.2, 0.25) is 5.76 Å². The number of nitrogens with zero attached hydrogens (tertiary/aromatic N) is 1. The Balaban J connectivity index is 1.76. The number of esters is 2. The molecular weight excluding hydrogens is 528 g/mol. The van der Waals surface area contributed by atoms with Gasteiger partial charge in [0, 0.05) is 4.47 Å². The van der Waals surface area contributed by atoms with E-state index in [0.717, 1.165) is 4.90 Å². The number of carbonyl (C=O) groups excluding carboxylic acids is 4. The van der Waals surface area contributed by atoms with E-state index >= 15 is 0 Å². The van der Waals surface area contributed by atoms with Crippen molar-refractivity contribution in [2.75, 3.05) is 20.8 Å². The summed E-state index contributed by atoms with van der Waals surface area (Å²) in [5.74, 6) is -1.01. The van der Waals surface area contributed by atoms with Crippen molar-refractivity contribution in [2.24, 2.45) is 0 Å². The van der Waals surface area contributed by atoms with Crippen LogP contribution in [-0.4, -0.2) is 55.7 Å². The second-order valence-corrected chi connectivity index (χ2v) is 8.34. The quantitative estimate of drug-likeness (QED) is 0.283. The number of benzene rings is 1. The van der Waals surface area contributed by atoms with Crippen LogP contribution >= 0.6 is 15.9 Å². The van der Waals surface area contributed by atoms with E-state index < -0.39 is 23.9 Å². The van der Waals surface area contributed by atoms with E-state index in [-0.39, 0.29) is 42.2 Å². The number of rotatable bonds is 9. The number of imide groups is 1. The van der Waals surface area contributed by atoms with Gasteiger partial charge in [-0.15, -0.1) is 0 Å². The highest BCUT2D eigenvalue weighted by molar-refractivity contribution is 9.10. The molecule has 2 aromatic rings. The number of hydrogen-bond acceptors (Lipinski definition) is 9. The van der Waals surface area contributed by atoms with Gasteiger partial charge in [-0.25, -0.2) is 14.4 Å². The molecule has 186 valence electrons. The standard InChI is InChI=1S/C23H23BrN2O9/c1-12(2)34-20(27)11-33-19-9-15(24)13(8-18(19)31-3)7-16-21(28)26(23(30)25-16)10-14-5-6-17(35-14)22(29)32-4/h5-9,12H,10-11H2,1-4H3,(H,25,30)/b16-7-. The van der Waals surface area contributed by atoms with Gasteiger partial charge in [-0.05, 0) is 49.8 Å². The minimum absolute atomic E-state index is 0.0201. The lowest BCUT2D eigenvalue weighted by molar-refractivity contribution is -0.149. The summed E-state index contributed by atoms with van der Waals surface area (Å²) >= 11 is 3.40. The third-order valence-corrected chi connectivity index (χ3v) is 5.31. The van der Waals surface area contributed by atoms with Gasteiger partial charge in [-0.3, -0.25) is 9.69 Å². The lowest BCUT2D eigenvalue weighted by atomic mass is 10.1. The molecule has 0 bridgehead atoms. The van der Waals surface area contributed by atoms with E-state index in [1.807, 2.05) is 0 Å². The molecular formula is C23H23BrN2O9. The van der Waals surface area contributed by atoms with Gasteiger partial charge in [-0.1, -0.05) is 15.9 Å². The average molecular weight is 551 g/mol. The number of carbonyl (C=O) groups is 4. The Labute approximate surface area is 209 Å². The predicted octanol–water partition coefficient (Wildman–Crippen LogP) is 3.26. The summed E-state index contributed by atoms with van der Waals surface area (Å²) in [6.45, 7) is 2.98. The van der Waals surface area contributed by atoms with Crippen molar-refractivity contribution in [3.8, 4) is 11.5 Å². The van der Waals surface area contributed by atoms with Gasteiger partial charge in [0.05, 0.1) is 26.9 Å². The summed E-state index contributed by atoms with van der Waals surface area (Å²) in [4.78, 5) is 49.5. The van der Waals surface area contributed by atoms with Gasteiger partial charge in [0.15, 0.2) is 18.1 Å². The molecule has 35 heavy (non-hydrogen) atoms. The molecule has 0 unspecified atom stereocenters. The first kappa shape index (κ1) is 25.8. The maximum absolute atomic E-state index is 12.8. The number of hydrogen-bond donors (Lipinski definition) is 1. The Morgan fingerprint density at radius 1 is 1.17 bits per heavy atom. The van der Waals surface area contributed by atoms with Crippen LogP contribution in [-0.2, 0) is 25.6 Å². The molecule has 0 saturated carbocycles. The van der Waals surface area contributed by atoms with Gasteiger partial charge in [-0.2, -0.15) is 0 Å². The van der Waals surface area contributed by atoms with Crippen LogP contribution in [0.3, 0.4) is 0 Å². The molecule has 3 amide bonds. The first-order valence-electron chi connectivity index (χ1n) is 10.3. The molecule has 0 aliphatic carbocycles. The van der Waals surface area contributed by atoms with Crippen LogP contribution in [0.2, 0.25) is 0 Å². The van der Waals surface area contributed by atoms with Crippen molar-refractivity contribution in [3.63, 3.8) is 0 Å². The maximum Gasteiger partial charge on any atom is 0.373 e. The Hall–Kier alpha value is -3.80. The van der Waals surface area contributed by atoms with Crippen LogP contribution in [0, 0.1) is 0 Å². The Kier molecular flexibility index (Phi) is 8.18. The molecule has 0 radical (unpaired) electrons. The van der Waals surface area contributed by atoms with Crippen LogP contribution in [0.15, 0.2) is 38.9 Å². The summed E-state index contributed by atoms with van der Waals surface area (Å²) < 4.78 is 26.3. The number of methoxy groups -OCH3 is 2. The van der Waals surface area contributed by atoms with Gasteiger partial charge in [0.1, 0.15) is 11.5 Å². The number of amides is 3. The van der Waals surface area contributed by atoms with Gasteiger partial charge >= 0.3 is 18.0 Å². The summed E-state index contributed by atoms with van der Waals surface area (Å²) in [6.07, 6.45) is 1.20. The van der Waals surface area contributed by atoms with E-state index in [9.17, 15) is 19.2 Å². The lowest BCUT2D eigenvalue weighted by Gasteiger charge is -2.13. The lowest BCUT2D eigenvalue weighted by Crippen LogP contribution is -2.30. The van der Waals surface area contributed by atoms with Crippen molar-refractivity contribution in [1.82, 2.24) is 10.2 Å². The first-order valence-corrected chi connectivity index (χ1v) is 11.1. The van der Waals surface area contributed by atoms with Crippen molar-refractivity contribution >= 4 is 45.9 Å². The average Bonchev–Trinajstić information content (AvgIpc) is 3.38. The monoisotopic (exact) mass is 550 g/mol. The van der Waals surface area contributed by atoms with Crippen molar-refractivity contribution in [3.05, 3.63) is 51.5 Å². The second-order valence-electron chi connectivity index (χ2n) is 7.49. The highest BCUT2D eigenvalue weighted by Crippen LogP contribution is 2.35. The fourth-order valence-corrected chi connectivity index (χ4v) is 3.50. The summed E-state index contributed by atoms with van der Waals surface area (Å²) in [7, 11) is 2.64. The zero-order valence-electron chi connectivity index (χ0n) is 19.4. The minimum atomic E-state index is -0.669. The van der Waals surface area contributed by atoms with Gasteiger partial charge < -0.3 is 28.7 Å². The molecule has 12 heteroatoms. The van der Waals surface area contributed by atoms with Crippen LogP contribution in [0.4, 0.5) is 4.79 Å². The topological polar surface area (TPSA) is 134 Å². The third-order valence-electron chi connectivity index (χ3n) is 4.62. The Morgan fingerprint density at radius 2 is 1.91 bits per heavy atom. The molecule has 0 atom stereocenters. The molecule has 1 aromatic carbocycles. The minimum Gasteiger partial charge on any atom is -0.493 e. The molecule has 1 aliphatic heterocycles. The first-order chi connectivity index (χ1) is 16.6. The molecule has 1 aliphatic rings. The Bertz CT molecular complexity index is 1190. The van der Waals surface area contributed by atoms with Crippen LogP contribution in [0.1, 0.15) is 35.7 Å². The predicted molar refractivity (Wildman–Crippen MR) is 125 cm³/mol. The number of ether oxygens (including phenoxy) is 4. The molecule has 0 spiro atoms. The van der Waals surface area contributed by atoms with Crippen molar-refractivity contribution in [1.29, 1.82) is 0 Å². The molecule has 11 nitrogen and oxygen atoms in total. The normalized spacial score (nSPS) is 14.3. The SMILES string of the molecule is COC(=O)c1ccc(CN2C(=O)N/C(=C\c3cc(OC)c(OCC(=O)OC(C)C)cc3Br)C2=O)o1. The zero-order chi connectivity index (χ0) is 25.7. The van der Waals surface area contributed by atoms with E-state index in [0.29, 0.717) is 15.8 Å². The van der Waals surface area contributed by atoms with Crippen molar-refractivity contribution in [2.45, 2.75) is 26.5 Å². The van der Waals surface area contributed by atoms with E-state index in [2.05, 4.69) is 26.0 Å². The second kappa shape index (κ2) is 11.1.